The summed E-state index contributed by atoms with van der Waals surface area (Å²) in [6.45, 7) is 6.28. The lowest BCUT2D eigenvalue weighted by Gasteiger charge is -1.97. The maximum Gasteiger partial charge on any atom is 0.166 e. The van der Waals surface area contributed by atoms with E-state index in [1.54, 1.807) is 0 Å². The molecule has 1 heterocycles. The van der Waals surface area contributed by atoms with Crippen molar-refractivity contribution in [3.05, 3.63) is 23.0 Å². The minimum atomic E-state index is 0.462. The van der Waals surface area contributed by atoms with Crippen LogP contribution in [0.4, 0.5) is 0 Å². The highest BCUT2D eigenvalue weighted by molar-refractivity contribution is 5.74. The van der Waals surface area contributed by atoms with E-state index in [-0.39, 0.29) is 0 Å². The molecule has 0 aromatic carbocycles. The Morgan fingerprint density at radius 1 is 1.58 bits per heavy atom. The second-order valence-electron chi connectivity index (χ2n) is 3.29. The van der Waals surface area contributed by atoms with Crippen LogP contribution in [0, 0.1) is 0 Å². The molecule has 2 nitrogen and oxygen atoms in total. The summed E-state index contributed by atoms with van der Waals surface area (Å²) in [5.74, 6) is 0.462. The van der Waals surface area contributed by atoms with Crippen molar-refractivity contribution in [3.8, 4) is 0 Å². The molecular weight excluding hydrogens is 150 g/mol. The van der Waals surface area contributed by atoms with Gasteiger partial charge in [-0.1, -0.05) is 20.8 Å². The van der Waals surface area contributed by atoms with Crippen LogP contribution in [0.15, 0.2) is 6.07 Å². The SMILES string of the molecule is CCc1cc(C(C)C)[nH]c1C=O. The van der Waals surface area contributed by atoms with Crippen molar-refractivity contribution in [2.75, 3.05) is 0 Å². The van der Waals surface area contributed by atoms with E-state index in [0.29, 0.717) is 5.92 Å². The average molecular weight is 165 g/mol. The van der Waals surface area contributed by atoms with E-state index in [9.17, 15) is 4.79 Å². The van der Waals surface area contributed by atoms with E-state index in [2.05, 4.69) is 31.8 Å². The summed E-state index contributed by atoms with van der Waals surface area (Å²) in [5.41, 5.74) is 3.00. The van der Waals surface area contributed by atoms with Gasteiger partial charge in [-0.3, -0.25) is 4.79 Å². The number of carbonyl (C=O) groups excluding carboxylic acids is 1. The van der Waals surface area contributed by atoms with E-state index >= 15 is 0 Å². The number of rotatable bonds is 3. The van der Waals surface area contributed by atoms with Crippen molar-refractivity contribution < 1.29 is 4.79 Å². The molecule has 1 aromatic heterocycles. The lowest BCUT2D eigenvalue weighted by atomic mass is 10.1. The predicted molar refractivity (Wildman–Crippen MR) is 49.6 cm³/mol. The first-order valence-corrected chi connectivity index (χ1v) is 4.36. The molecule has 1 aromatic rings. The molecule has 0 aliphatic rings. The van der Waals surface area contributed by atoms with Crippen molar-refractivity contribution >= 4 is 6.29 Å². The first kappa shape index (κ1) is 9.04. The minimum absolute atomic E-state index is 0.462. The van der Waals surface area contributed by atoms with Crippen molar-refractivity contribution in [1.29, 1.82) is 0 Å². The quantitative estimate of drug-likeness (QED) is 0.686. The fourth-order valence-electron chi connectivity index (χ4n) is 1.25. The van der Waals surface area contributed by atoms with E-state index in [1.165, 1.54) is 0 Å². The molecule has 2 heteroatoms. The van der Waals surface area contributed by atoms with Gasteiger partial charge in [0.25, 0.3) is 0 Å². The maximum absolute atomic E-state index is 10.6. The van der Waals surface area contributed by atoms with Gasteiger partial charge in [0.2, 0.25) is 0 Å². The number of H-pyrrole nitrogens is 1. The third-order valence-corrected chi connectivity index (χ3v) is 2.08. The van der Waals surface area contributed by atoms with Gasteiger partial charge in [0, 0.05) is 5.69 Å². The Balaban J connectivity index is 3.05. The molecule has 0 saturated heterocycles. The molecular formula is C10H15NO. The standard InChI is InChI=1S/C10H15NO/c1-4-8-5-9(7(2)3)11-10(8)6-12/h5-7,11H,4H2,1-3H3. The van der Waals surface area contributed by atoms with Crippen LogP contribution in [0.1, 0.15) is 48.4 Å². The average Bonchev–Trinajstić information content (AvgIpc) is 2.46. The molecule has 0 bridgehead atoms. The molecule has 0 unspecified atom stereocenters. The van der Waals surface area contributed by atoms with Crippen LogP contribution in [-0.4, -0.2) is 11.3 Å². The Hall–Kier alpha value is -1.05. The third-order valence-electron chi connectivity index (χ3n) is 2.08. The number of aromatic amines is 1. The van der Waals surface area contributed by atoms with Crippen LogP contribution < -0.4 is 0 Å². The van der Waals surface area contributed by atoms with Crippen LogP contribution in [-0.2, 0) is 6.42 Å². The predicted octanol–water partition coefficient (Wildman–Crippen LogP) is 2.51. The topological polar surface area (TPSA) is 32.9 Å². The van der Waals surface area contributed by atoms with Gasteiger partial charge in [-0.05, 0) is 24.0 Å². The van der Waals surface area contributed by atoms with E-state index in [1.807, 2.05) is 0 Å². The van der Waals surface area contributed by atoms with Crippen molar-refractivity contribution in [1.82, 2.24) is 4.98 Å². The van der Waals surface area contributed by atoms with Gasteiger partial charge in [-0.2, -0.15) is 0 Å². The summed E-state index contributed by atoms with van der Waals surface area (Å²) in [7, 11) is 0. The Morgan fingerprint density at radius 2 is 2.25 bits per heavy atom. The number of carbonyl (C=O) groups is 1. The zero-order valence-corrected chi connectivity index (χ0v) is 7.85. The van der Waals surface area contributed by atoms with Crippen LogP contribution in [0.25, 0.3) is 0 Å². The van der Waals surface area contributed by atoms with Gasteiger partial charge < -0.3 is 4.98 Å². The summed E-state index contributed by atoms with van der Waals surface area (Å²) in [6.07, 6.45) is 1.81. The van der Waals surface area contributed by atoms with Crippen molar-refractivity contribution in [2.45, 2.75) is 33.1 Å². The Morgan fingerprint density at radius 3 is 2.58 bits per heavy atom. The van der Waals surface area contributed by atoms with E-state index in [4.69, 9.17) is 0 Å². The Labute approximate surface area is 73.0 Å². The van der Waals surface area contributed by atoms with Gasteiger partial charge in [0.1, 0.15) is 0 Å². The van der Waals surface area contributed by atoms with Crippen LogP contribution in [0.3, 0.4) is 0 Å². The van der Waals surface area contributed by atoms with E-state index < -0.39 is 0 Å². The smallest absolute Gasteiger partial charge is 0.166 e. The van der Waals surface area contributed by atoms with Gasteiger partial charge in [0.15, 0.2) is 6.29 Å². The number of aldehydes is 1. The largest absolute Gasteiger partial charge is 0.356 e. The molecule has 0 fully saturated rings. The van der Waals surface area contributed by atoms with E-state index in [0.717, 1.165) is 29.7 Å². The molecule has 1 rings (SSSR count). The highest BCUT2D eigenvalue weighted by Crippen LogP contribution is 2.17. The second kappa shape index (κ2) is 3.57. The lowest BCUT2D eigenvalue weighted by molar-refractivity contribution is 0.111. The summed E-state index contributed by atoms with van der Waals surface area (Å²) in [6, 6.07) is 2.08. The molecule has 0 aliphatic heterocycles. The Bertz CT molecular complexity index is 273. The first-order valence-electron chi connectivity index (χ1n) is 4.36. The molecule has 12 heavy (non-hydrogen) atoms. The normalized spacial score (nSPS) is 10.7. The monoisotopic (exact) mass is 165 g/mol. The van der Waals surface area contributed by atoms with Crippen LogP contribution >= 0.6 is 0 Å². The van der Waals surface area contributed by atoms with Crippen LogP contribution in [0.2, 0.25) is 0 Å². The maximum atomic E-state index is 10.6. The minimum Gasteiger partial charge on any atom is -0.356 e. The molecule has 0 atom stereocenters. The number of aromatic nitrogens is 1. The number of nitrogens with one attached hydrogen (secondary N) is 1. The lowest BCUT2D eigenvalue weighted by Crippen LogP contribution is -1.88. The Kier molecular flexibility index (Phi) is 2.69. The first-order chi connectivity index (χ1) is 5.69. The summed E-state index contributed by atoms with van der Waals surface area (Å²) >= 11 is 0. The van der Waals surface area contributed by atoms with Crippen LogP contribution in [0.5, 0.6) is 0 Å². The number of hydrogen-bond donors (Lipinski definition) is 1. The second-order valence-corrected chi connectivity index (χ2v) is 3.29. The molecule has 0 saturated carbocycles. The molecule has 66 valence electrons. The molecule has 0 spiro atoms. The molecule has 0 amide bonds. The zero-order valence-electron chi connectivity index (χ0n) is 7.85. The summed E-state index contributed by atoms with van der Waals surface area (Å²) in [4.78, 5) is 13.7. The van der Waals surface area contributed by atoms with Gasteiger partial charge >= 0.3 is 0 Å². The molecule has 0 radical (unpaired) electrons. The fourth-order valence-corrected chi connectivity index (χ4v) is 1.25. The molecule has 1 N–H and O–H groups in total. The molecule has 0 aliphatic carbocycles. The highest BCUT2D eigenvalue weighted by atomic mass is 16.1. The third kappa shape index (κ3) is 1.58. The van der Waals surface area contributed by atoms with Gasteiger partial charge in [-0.15, -0.1) is 0 Å². The van der Waals surface area contributed by atoms with Crippen molar-refractivity contribution in [2.24, 2.45) is 0 Å². The highest BCUT2D eigenvalue weighted by Gasteiger charge is 2.07. The summed E-state index contributed by atoms with van der Waals surface area (Å²) < 4.78 is 0. The van der Waals surface area contributed by atoms with Crippen molar-refractivity contribution in [3.63, 3.8) is 0 Å². The number of hydrogen-bond acceptors (Lipinski definition) is 1. The summed E-state index contributed by atoms with van der Waals surface area (Å²) in [5, 5.41) is 0. The number of aryl methyl sites for hydroxylation is 1. The van der Waals surface area contributed by atoms with Gasteiger partial charge in [0.05, 0.1) is 5.69 Å². The zero-order chi connectivity index (χ0) is 9.14. The van der Waals surface area contributed by atoms with Gasteiger partial charge in [-0.25, -0.2) is 0 Å². The fraction of sp³-hybridized carbons (Fsp3) is 0.500.